The van der Waals surface area contributed by atoms with Crippen molar-refractivity contribution in [2.24, 2.45) is 0 Å². The van der Waals surface area contributed by atoms with E-state index in [-0.39, 0.29) is 17.6 Å². The molecule has 0 saturated heterocycles. The number of hydrogen-bond donors (Lipinski definition) is 1. The highest BCUT2D eigenvalue weighted by atomic mass is 35.5. The van der Waals surface area contributed by atoms with Crippen LogP contribution in [0.15, 0.2) is 6.07 Å². The van der Waals surface area contributed by atoms with Gasteiger partial charge in [-0.05, 0) is 26.8 Å². The number of amides is 1. The van der Waals surface area contributed by atoms with E-state index >= 15 is 0 Å². The number of alkyl carbamates (subject to hydrolysis) is 1. The summed E-state index contributed by atoms with van der Waals surface area (Å²) in [5.74, 6) is -0.522. The number of pyridine rings is 1. The number of nitrogens with one attached hydrogen (secondary N) is 1. The number of carbonyl (C=O) groups excluding carboxylic acids is 1. The van der Waals surface area contributed by atoms with Crippen LogP contribution in [0.1, 0.15) is 26.3 Å². The molecule has 0 aliphatic heterocycles. The molecule has 5 nitrogen and oxygen atoms in total. The molecule has 0 fully saturated rings. The van der Waals surface area contributed by atoms with Gasteiger partial charge in [0.15, 0.2) is 11.0 Å². The van der Waals surface area contributed by atoms with Crippen LogP contribution < -0.4 is 10.1 Å². The van der Waals surface area contributed by atoms with Crippen molar-refractivity contribution in [3.05, 3.63) is 22.6 Å². The fourth-order valence-electron chi connectivity index (χ4n) is 1.27. The smallest absolute Gasteiger partial charge is 0.407 e. The Morgan fingerprint density at radius 1 is 1.53 bits per heavy atom. The number of nitrogens with zero attached hydrogens (tertiary/aromatic N) is 1. The summed E-state index contributed by atoms with van der Waals surface area (Å²) in [7, 11) is 1.38. The van der Waals surface area contributed by atoms with Gasteiger partial charge in [0.05, 0.1) is 13.7 Å². The van der Waals surface area contributed by atoms with Gasteiger partial charge in [-0.1, -0.05) is 11.6 Å². The minimum absolute atomic E-state index is 0.0270. The number of ether oxygens (including phenoxy) is 2. The lowest BCUT2D eigenvalue weighted by Gasteiger charge is -2.19. The molecule has 0 radical (unpaired) electrons. The standard InChI is InChI=1S/C12H16ClFN2O3/c1-12(2,3)19-11(17)15-6-7-5-8(14)9(13)16-10(7)18-4/h5H,6H2,1-4H3,(H,15,17). The highest BCUT2D eigenvalue weighted by molar-refractivity contribution is 6.29. The minimum atomic E-state index is -0.677. The van der Waals surface area contributed by atoms with E-state index in [0.29, 0.717) is 5.56 Å². The zero-order valence-electron chi connectivity index (χ0n) is 11.2. The fraction of sp³-hybridized carbons (Fsp3) is 0.500. The molecular weight excluding hydrogens is 275 g/mol. The first-order chi connectivity index (χ1) is 8.73. The second-order valence-electron chi connectivity index (χ2n) is 4.78. The van der Waals surface area contributed by atoms with Gasteiger partial charge in [-0.3, -0.25) is 0 Å². The minimum Gasteiger partial charge on any atom is -0.481 e. The highest BCUT2D eigenvalue weighted by Gasteiger charge is 2.17. The van der Waals surface area contributed by atoms with Crippen molar-refractivity contribution >= 4 is 17.7 Å². The summed E-state index contributed by atoms with van der Waals surface area (Å²) >= 11 is 5.54. The van der Waals surface area contributed by atoms with Crippen LogP contribution in [0.5, 0.6) is 5.88 Å². The van der Waals surface area contributed by atoms with Crippen molar-refractivity contribution in [1.82, 2.24) is 10.3 Å². The predicted molar refractivity (Wildman–Crippen MR) is 68.8 cm³/mol. The Morgan fingerprint density at radius 3 is 2.68 bits per heavy atom. The number of methoxy groups -OCH3 is 1. The maximum absolute atomic E-state index is 13.3. The molecule has 0 aliphatic rings. The molecule has 0 atom stereocenters. The number of carbonyl (C=O) groups is 1. The van der Waals surface area contributed by atoms with Crippen LogP contribution in [-0.4, -0.2) is 23.8 Å². The molecule has 1 aromatic rings. The second kappa shape index (κ2) is 6.06. The molecule has 19 heavy (non-hydrogen) atoms. The van der Waals surface area contributed by atoms with Gasteiger partial charge in [-0.2, -0.15) is 4.98 Å². The molecule has 0 saturated carbocycles. The average molecular weight is 291 g/mol. The average Bonchev–Trinajstić information content (AvgIpc) is 2.28. The number of rotatable bonds is 3. The Hall–Kier alpha value is -1.56. The molecule has 0 unspecified atom stereocenters. The van der Waals surface area contributed by atoms with Crippen LogP contribution in [-0.2, 0) is 11.3 Å². The topological polar surface area (TPSA) is 60.5 Å². The Kier molecular flexibility index (Phi) is 4.94. The maximum Gasteiger partial charge on any atom is 0.407 e. The van der Waals surface area contributed by atoms with Crippen LogP contribution in [0.3, 0.4) is 0 Å². The van der Waals surface area contributed by atoms with Gasteiger partial charge in [0.1, 0.15) is 5.60 Å². The molecule has 106 valence electrons. The van der Waals surface area contributed by atoms with Crippen molar-refractivity contribution in [1.29, 1.82) is 0 Å². The largest absolute Gasteiger partial charge is 0.481 e. The van der Waals surface area contributed by atoms with Crippen molar-refractivity contribution in [2.45, 2.75) is 32.9 Å². The van der Waals surface area contributed by atoms with Crippen LogP contribution in [0.2, 0.25) is 5.15 Å². The molecule has 1 heterocycles. The van der Waals surface area contributed by atoms with E-state index in [4.69, 9.17) is 21.1 Å². The third-order valence-corrected chi connectivity index (χ3v) is 2.25. The Labute approximate surface area is 116 Å². The monoisotopic (exact) mass is 290 g/mol. The van der Waals surface area contributed by atoms with Crippen LogP contribution in [0, 0.1) is 5.82 Å². The zero-order chi connectivity index (χ0) is 14.6. The van der Waals surface area contributed by atoms with Gasteiger partial charge in [-0.25, -0.2) is 9.18 Å². The Morgan fingerprint density at radius 2 is 2.16 bits per heavy atom. The molecule has 1 rings (SSSR count). The van der Waals surface area contributed by atoms with E-state index in [1.54, 1.807) is 20.8 Å². The van der Waals surface area contributed by atoms with Gasteiger partial charge < -0.3 is 14.8 Å². The van der Waals surface area contributed by atoms with Gasteiger partial charge in [0, 0.05) is 5.56 Å². The Balaban J connectivity index is 2.72. The summed E-state index contributed by atoms with van der Waals surface area (Å²) in [6, 6.07) is 1.16. The molecule has 0 aromatic carbocycles. The van der Waals surface area contributed by atoms with Gasteiger partial charge >= 0.3 is 6.09 Å². The number of hydrogen-bond acceptors (Lipinski definition) is 4. The van der Waals surface area contributed by atoms with E-state index in [9.17, 15) is 9.18 Å². The summed E-state index contributed by atoms with van der Waals surface area (Å²) in [6.07, 6.45) is -0.607. The van der Waals surface area contributed by atoms with Crippen molar-refractivity contribution < 1.29 is 18.7 Å². The molecule has 0 spiro atoms. The predicted octanol–water partition coefficient (Wildman–Crippen LogP) is 2.91. The van der Waals surface area contributed by atoms with Crippen LogP contribution >= 0.6 is 11.6 Å². The summed E-state index contributed by atoms with van der Waals surface area (Å²) in [5.41, 5.74) is -0.229. The molecule has 1 N–H and O–H groups in total. The maximum atomic E-state index is 13.3. The first-order valence-electron chi connectivity index (χ1n) is 5.58. The van der Waals surface area contributed by atoms with E-state index in [1.165, 1.54) is 7.11 Å². The molecule has 0 bridgehead atoms. The van der Waals surface area contributed by atoms with Gasteiger partial charge in [-0.15, -0.1) is 0 Å². The summed E-state index contributed by atoms with van der Waals surface area (Å²) in [5, 5.41) is 2.21. The molecule has 7 heteroatoms. The third kappa shape index (κ3) is 4.90. The zero-order valence-corrected chi connectivity index (χ0v) is 12.0. The molecule has 0 aliphatic carbocycles. The Bertz CT molecular complexity index is 475. The quantitative estimate of drug-likeness (QED) is 0.870. The lowest BCUT2D eigenvalue weighted by Crippen LogP contribution is -2.32. The highest BCUT2D eigenvalue weighted by Crippen LogP contribution is 2.21. The van der Waals surface area contributed by atoms with E-state index in [2.05, 4.69) is 10.3 Å². The van der Waals surface area contributed by atoms with Crippen molar-refractivity contribution in [3.8, 4) is 5.88 Å². The van der Waals surface area contributed by atoms with Crippen molar-refractivity contribution in [3.63, 3.8) is 0 Å². The van der Waals surface area contributed by atoms with E-state index < -0.39 is 17.5 Å². The van der Waals surface area contributed by atoms with Crippen LogP contribution in [0.25, 0.3) is 0 Å². The van der Waals surface area contributed by atoms with E-state index in [0.717, 1.165) is 6.07 Å². The van der Waals surface area contributed by atoms with Gasteiger partial charge in [0.25, 0.3) is 0 Å². The number of aromatic nitrogens is 1. The lowest BCUT2D eigenvalue weighted by molar-refractivity contribution is 0.0523. The summed E-state index contributed by atoms with van der Waals surface area (Å²) in [6.45, 7) is 5.27. The lowest BCUT2D eigenvalue weighted by atomic mass is 10.2. The van der Waals surface area contributed by atoms with Gasteiger partial charge in [0.2, 0.25) is 5.88 Å². The fourth-order valence-corrected chi connectivity index (χ4v) is 1.40. The van der Waals surface area contributed by atoms with Crippen LogP contribution in [0.4, 0.5) is 9.18 Å². The first-order valence-corrected chi connectivity index (χ1v) is 5.96. The molecule has 1 amide bonds. The normalized spacial score (nSPS) is 11.1. The number of halogens is 2. The van der Waals surface area contributed by atoms with E-state index in [1.807, 2.05) is 0 Å². The summed E-state index contributed by atoms with van der Waals surface area (Å²) < 4.78 is 23.3. The third-order valence-electron chi connectivity index (χ3n) is 1.99. The molecule has 1 aromatic heterocycles. The molecular formula is C12H16ClFN2O3. The summed E-state index contributed by atoms with van der Waals surface area (Å²) in [4.78, 5) is 15.2. The SMILES string of the molecule is COc1nc(Cl)c(F)cc1CNC(=O)OC(C)(C)C. The second-order valence-corrected chi connectivity index (χ2v) is 5.14. The first kappa shape index (κ1) is 15.5. The van der Waals surface area contributed by atoms with Crippen molar-refractivity contribution in [2.75, 3.05) is 7.11 Å².